The molecule has 0 saturated heterocycles. The van der Waals surface area contributed by atoms with E-state index in [2.05, 4.69) is 10.3 Å². The highest BCUT2D eigenvalue weighted by Crippen LogP contribution is 2.24. The highest BCUT2D eigenvalue weighted by Gasteiger charge is 2.14. The van der Waals surface area contributed by atoms with Gasteiger partial charge in [-0.15, -0.1) is 11.3 Å². The topological polar surface area (TPSA) is 51.2 Å². The molecule has 0 aliphatic carbocycles. The van der Waals surface area contributed by atoms with Crippen LogP contribution < -0.4 is 10.1 Å². The van der Waals surface area contributed by atoms with Crippen LogP contribution in [0.1, 0.15) is 20.8 Å². The van der Waals surface area contributed by atoms with Crippen LogP contribution in [-0.2, 0) is 6.61 Å². The maximum absolute atomic E-state index is 12.5. The molecule has 0 unspecified atom stereocenters. The third-order valence-corrected chi connectivity index (χ3v) is 4.51. The Morgan fingerprint density at radius 2 is 1.96 bits per heavy atom. The average Bonchev–Trinajstić information content (AvgIpc) is 2.99. The molecule has 2 aromatic carbocycles. The van der Waals surface area contributed by atoms with Gasteiger partial charge in [0.25, 0.3) is 5.91 Å². The van der Waals surface area contributed by atoms with Crippen LogP contribution in [0.5, 0.6) is 5.75 Å². The quantitative estimate of drug-likeness (QED) is 0.703. The molecule has 3 rings (SSSR count). The first-order valence-electron chi connectivity index (χ1n) is 7.32. The molecule has 0 aliphatic rings. The molecule has 1 aromatic heterocycles. The predicted octanol–water partition coefficient (Wildman–Crippen LogP) is 4.94. The SMILES string of the molecule is Cc1cnc(NC(=O)c2ccccc2OCc2ccccc2Cl)s1. The molecule has 4 nitrogen and oxygen atoms in total. The van der Waals surface area contributed by atoms with E-state index in [1.54, 1.807) is 24.4 Å². The number of nitrogens with zero attached hydrogens (tertiary/aromatic N) is 1. The largest absolute Gasteiger partial charge is 0.488 e. The number of para-hydroxylation sites is 1. The van der Waals surface area contributed by atoms with Crippen LogP contribution >= 0.6 is 22.9 Å². The smallest absolute Gasteiger partial charge is 0.261 e. The molecule has 0 saturated carbocycles. The first kappa shape index (κ1) is 16.5. The maximum Gasteiger partial charge on any atom is 0.261 e. The zero-order valence-corrected chi connectivity index (χ0v) is 14.5. The molecule has 0 spiro atoms. The Kier molecular flexibility index (Phi) is 5.13. The van der Waals surface area contributed by atoms with E-state index < -0.39 is 0 Å². The second-order valence-corrected chi connectivity index (χ2v) is 6.75. The summed E-state index contributed by atoms with van der Waals surface area (Å²) in [6.45, 7) is 2.23. The van der Waals surface area contributed by atoms with Gasteiger partial charge in [-0.3, -0.25) is 10.1 Å². The molecule has 122 valence electrons. The molecule has 0 fully saturated rings. The van der Waals surface area contributed by atoms with E-state index in [0.717, 1.165) is 10.4 Å². The molecule has 0 aliphatic heterocycles. The van der Waals surface area contributed by atoms with Crippen LogP contribution in [0.3, 0.4) is 0 Å². The molecule has 3 aromatic rings. The zero-order valence-electron chi connectivity index (χ0n) is 13.0. The van der Waals surface area contributed by atoms with E-state index in [0.29, 0.717) is 28.1 Å². The fourth-order valence-corrected chi connectivity index (χ4v) is 2.98. The number of thiazole rings is 1. The lowest BCUT2D eigenvalue weighted by Gasteiger charge is -2.11. The van der Waals surface area contributed by atoms with E-state index in [4.69, 9.17) is 16.3 Å². The predicted molar refractivity (Wildman–Crippen MR) is 97.0 cm³/mol. The first-order valence-corrected chi connectivity index (χ1v) is 8.52. The number of benzene rings is 2. The van der Waals surface area contributed by atoms with E-state index in [-0.39, 0.29) is 5.91 Å². The Morgan fingerprint density at radius 3 is 2.71 bits per heavy atom. The minimum Gasteiger partial charge on any atom is -0.488 e. The molecule has 1 N–H and O–H groups in total. The summed E-state index contributed by atoms with van der Waals surface area (Å²) in [7, 11) is 0. The molecule has 1 heterocycles. The Morgan fingerprint density at radius 1 is 1.21 bits per heavy atom. The van der Waals surface area contributed by atoms with E-state index in [9.17, 15) is 4.79 Å². The lowest BCUT2D eigenvalue weighted by molar-refractivity contribution is 0.102. The molecule has 24 heavy (non-hydrogen) atoms. The summed E-state index contributed by atoms with van der Waals surface area (Å²) in [5.74, 6) is 0.252. The van der Waals surface area contributed by atoms with Crippen molar-refractivity contribution >= 4 is 34.0 Å². The summed E-state index contributed by atoms with van der Waals surface area (Å²) >= 11 is 7.56. The lowest BCUT2D eigenvalue weighted by Crippen LogP contribution is -2.13. The first-order chi connectivity index (χ1) is 11.6. The van der Waals surface area contributed by atoms with Gasteiger partial charge in [0.05, 0.1) is 5.56 Å². The van der Waals surface area contributed by atoms with Crippen molar-refractivity contribution in [3.05, 3.63) is 75.8 Å². The fourth-order valence-electron chi connectivity index (χ4n) is 2.13. The van der Waals surface area contributed by atoms with E-state index >= 15 is 0 Å². The standard InChI is InChI=1S/C18H15ClN2O2S/c1-12-10-20-18(24-12)21-17(22)14-7-3-5-9-16(14)23-11-13-6-2-4-8-15(13)19/h2-10H,11H2,1H3,(H,20,21,22). The summed E-state index contributed by atoms with van der Waals surface area (Å²) in [4.78, 5) is 17.7. The maximum atomic E-state index is 12.5. The van der Waals surface area contributed by atoms with Crippen LogP contribution in [0.4, 0.5) is 5.13 Å². The van der Waals surface area contributed by atoms with Gasteiger partial charge in [0.2, 0.25) is 0 Å². The third kappa shape index (κ3) is 3.93. The van der Waals surface area contributed by atoms with Crippen LogP contribution in [0.15, 0.2) is 54.7 Å². The van der Waals surface area contributed by atoms with Gasteiger partial charge in [-0.05, 0) is 25.1 Å². The van der Waals surface area contributed by atoms with Gasteiger partial charge in [0.15, 0.2) is 5.13 Å². The van der Waals surface area contributed by atoms with Crippen molar-refractivity contribution in [2.75, 3.05) is 5.32 Å². The van der Waals surface area contributed by atoms with Gasteiger partial charge in [0, 0.05) is 21.7 Å². The molecular formula is C18H15ClN2O2S. The van der Waals surface area contributed by atoms with Crippen molar-refractivity contribution in [1.82, 2.24) is 4.98 Å². The van der Waals surface area contributed by atoms with Gasteiger partial charge in [-0.1, -0.05) is 41.9 Å². The highest BCUT2D eigenvalue weighted by molar-refractivity contribution is 7.15. The number of halogens is 1. The van der Waals surface area contributed by atoms with E-state index in [1.807, 2.05) is 37.3 Å². The second kappa shape index (κ2) is 7.47. The molecular weight excluding hydrogens is 344 g/mol. The Bertz CT molecular complexity index is 863. The van der Waals surface area contributed by atoms with Crippen LogP contribution in [0, 0.1) is 6.92 Å². The Hall–Kier alpha value is -2.37. The van der Waals surface area contributed by atoms with Crippen molar-refractivity contribution in [2.24, 2.45) is 0 Å². The molecule has 0 bridgehead atoms. The normalized spacial score (nSPS) is 10.4. The fraction of sp³-hybridized carbons (Fsp3) is 0.111. The van der Waals surface area contributed by atoms with Crippen molar-refractivity contribution in [1.29, 1.82) is 0 Å². The number of nitrogens with one attached hydrogen (secondary N) is 1. The molecule has 0 radical (unpaired) electrons. The number of hydrogen-bond acceptors (Lipinski definition) is 4. The van der Waals surface area contributed by atoms with E-state index in [1.165, 1.54) is 11.3 Å². The number of carbonyl (C=O) groups is 1. The van der Waals surface area contributed by atoms with Gasteiger partial charge in [0.1, 0.15) is 12.4 Å². The summed E-state index contributed by atoms with van der Waals surface area (Å²) in [6.07, 6.45) is 1.72. The molecule has 0 atom stereocenters. The van der Waals surface area contributed by atoms with Crippen molar-refractivity contribution in [3.63, 3.8) is 0 Å². The third-order valence-electron chi connectivity index (χ3n) is 3.31. The summed E-state index contributed by atoms with van der Waals surface area (Å²) in [5, 5.41) is 4.00. The van der Waals surface area contributed by atoms with Crippen molar-refractivity contribution in [2.45, 2.75) is 13.5 Å². The molecule has 1 amide bonds. The number of anilines is 1. The Labute approximate surface area is 149 Å². The minimum atomic E-state index is -0.251. The van der Waals surface area contributed by atoms with Gasteiger partial charge >= 0.3 is 0 Å². The second-order valence-electron chi connectivity index (χ2n) is 5.11. The summed E-state index contributed by atoms with van der Waals surface area (Å²) in [6, 6.07) is 14.6. The number of rotatable bonds is 5. The van der Waals surface area contributed by atoms with Crippen LogP contribution in [0.25, 0.3) is 0 Å². The number of carbonyl (C=O) groups excluding carboxylic acids is 1. The Balaban J connectivity index is 1.75. The average molecular weight is 359 g/mol. The summed E-state index contributed by atoms with van der Waals surface area (Å²) < 4.78 is 5.81. The monoisotopic (exact) mass is 358 g/mol. The van der Waals surface area contributed by atoms with Crippen molar-refractivity contribution in [3.8, 4) is 5.75 Å². The molecule has 6 heteroatoms. The van der Waals surface area contributed by atoms with Crippen LogP contribution in [-0.4, -0.2) is 10.9 Å². The van der Waals surface area contributed by atoms with Gasteiger partial charge in [-0.2, -0.15) is 0 Å². The van der Waals surface area contributed by atoms with Crippen LogP contribution in [0.2, 0.25) is 5.02 Å². The number of ether oxygens (including phenoxy) is 1. The number of aryl methyl sites for hydroxylation is 1. The highest BCUT2D eigenvalue weighted by atomic mass is 35.5. The summed E-state index contributed by atoms with van der Waals surface area (Å²) in [5.41, 5.74) is 1.32. The minimum absolute atomic E-state index is 0.251. The number of hydrogen-bond donors (Lipinski definition) is 1. The zero-order chi connectivity index (χ0) is 16.9. The van der Waals surface area contributed by atoms with Gasteiger partial charge < -0.3 is 4.74 Å². The number of amides is 1. The van der Waals surface area contributed by atoms with Crippen molar-refractivity contribution < 1.29 is 9.53 Å². The number of aromatic nitrogens is 1. The van der Waals surface area contributed by atoms with Gasteiger partial charge in [-0.25, -0.2) is 4.98 Å². The lowest BCUT2D eigenvalue weighted by atomic mass is 10.2.